The van der Waals surface area contributed by atoms with E-state index >= 15 is 0 Å². The molecule has 24 heavy (non-hydrogen) atoms. The van der Waals surface area contributed by atoms with Crippen LogP contribution in [0, 0.1) is 0 Å². The van der Waals surface area contributed by atoms with Crippen molar-refractivity contribution in [2.45, 2.75) is 17.1 Å². The van der Waals surface area contributed by atoms with Gasteiger partial charge in [-0.15, -0.1) is 20.4 Å². The van der Waals surface area contributed by atoms with Crippen molar-refractivity contribution in [3.05, 3.63) is 41.0 Å². The quantitative estimate of drug-likeness (QED) is 0.552. The summed E-state index contributed by atoms with van der Waals surface area (Å²) in [6, 6.07) is 6.76. The number of halogens is 4. The number of benzene rings is 1. The van der Waals surface area contributed by atoms with E-state index in [4.69, 9.17) is 21.9 Å². The highest BCUT2D eigenvalue weighted by molar-refractivity contribution is 7.98. The lowest BCUT2D eigenvalue weighted by molar-refractivity contribution is -0.146. The van der Waals surface area contributed by atoms with Gasteiger partial charge in [0.2, 0.25) is 16.9 Å². The molecule has 0 saturated heterocycles. The molecule has 0 radical (unpaired) electrons. The van der Waals surface area contributed by atoms with E-state index in [9.17, 15) is 13.2 Å². The second-order valence-electron chi connectivity index (χ2n) is 4.47. The molecule has 2 aromatic heterocycles. The van der Waals surface area contributed by atoms with Crippen LogP contribution in [0.2, 0.25) is 5.02 Å². The van der Waals surface area contributed by atoms with Crippen molar-refractivity contribution in [2.75, 3.05) is 5.84 Å². The third kappa shape index (κ3) is 3.46. The van der Waals surface area contributed by atoms with Crippen LogP contribution in [0.4, 0.5) is 13.2 Å². The molecule has 1 aromatic carbocycles. The van der Waals surface area contributed by atoms with Crippen molar-refractivity contribution in [3.8, 4) is 11.5 Å². The molecule has 0 amide bonds. The summed E-state index contributed by atoms with van der Waals surface area (Å²) in [6.45, 7) is 0. The number of nitrogens with two attached hydrogens (primary N) is 1. The Morgan fingerprint density at radius 2 is 1.83 bits per heavy atom. The number of alkyl halides is 3. The molecule has 2 N–H and O–H groups in total. The number of nitrogen functional groups attached to an aromatic ring is 1. The lowest BCUT2D eigenvalue weighted by atomic mass is 10.2. The van der Waals surface area contributed by atoms with Crippen molar-refractivity contribution in [3.63, 3.8) is 0 Å². The van der Waals surface area contributed by atoms with Gasteiger partial charge in [-0.2, -0.15) is 13.2 Å². The molecule has 0 aliphatic heterocycles. The van der Waals surface area contributed by atoms with Crippen molar-refractivity contribution < 1.29 is 17.6 Å². The van der Waals surface area contributed by atoms with E-state index in [1.807, 2.05) is 0 Å². The molecule has 0 aliphatic carbocycles. The first-order valence-corrected chi connectivity index (χ1v) is 7.70. The molecule has 126 valence electrons. The number of aromatic nitrogens is 5. The van der Waals surface area contributed by atoms with Crippen LogP contribution in [0.1, 0.15) is 11.7 Å². The number of rotatable bonds is 4. The molecule has 0 saturated carbocycles. The highest BCUT2D eigenvalue weighted by Gasteiger charge is 2.38. The monoisotopic (exact) mass is 376 g/mol. The standard InChI is InChI=1S/C12H8ClF3N6OS/c13-7-3-1-6(2-4-7)9-19-18-8(23-9)5-24-11-21-20-10(22(11)17)12(14,15)16/h1-4H,5,17H2. The van der Waals surface area contributed by atoms with Crippen LogP contribution in [0.25, 0.3) is 11.5 Å². The summed E-state index contributed by atoms with van der Waals surface area (Å²) in [7, 11) is 0. The zero-order valence-corrected chi connectivity index (χ0v) is 13.2. The molecule has 12 heteroatoms. The van der Waals surface area contributed by atoms with E-state index in [0.29, 0.717) is 15.3 Å². The molecule has 7 nitrogen and oxygen atoms in total. The molecule has 0 spiro atoms. The van der Waals surface area contributed by atoms with Gasteiger partial charge in [0.15, 0.2) is 0 Å². The smallest absolute Gasteiger partial charge is 0.420 e. The Labute approximate surface area is 142 Å². The van der Waals surface area contributed by atoms with Crippen LogP contribution in [0.3, 0.4) is 0 Å². The Hall–Kier alpha value is -2.27. The Bertz CT molecular complexity index is 847. The molecule has 0 atom stereocenters. The summed E-state index contributed by atoms with van der Waals surface area (Å²) in [5.41, 5.74) is 0.671. The van der Waals surface area contributed by atoms with Gasteiger partial charge in [0.1, 0.15) is 0 Å². The minimum absolute atomic E-state index is 0.0911. The van der Waals surface area contributed by atoms with Gasteiger partial charge in [-0.1, -0.05) is 23.4 Å². The fourth-order valence-electron chi connectivity index (χ4n) is 1.72. The maximum absolute atomic E-state index is 12.6. The zero-order valence-electron chi connectivity index (χ0n) is 11.7. The summed E-state index contributed by atoms with van der Waals surface area (Å²) in [5.74, 6) is 4.63. The van der Waals surface area contributed by atoms with Crippen molar-refractivity contribution in [2.24, 2.45) is 0 Å². The van der Waals surface area contributed by atoms with Crippen LogP contribution in [0.5, 0.6) is 0 Å². The van der Waals surface area contributed by atoms with Gasteiger partial charge in [0.05, 0.1) is 5.75 Å². The van der Waals surface area contributed by atoms with Gasteiger partial charge in [-0.3, -0.25) is 0 Å². The molecule has 2 heterocycles. The molecule has 3 aromatic rings. The average Bonchev–Trinajstić information content (AvgIpc) is 3.12. The van der Waals surface area contributed by atoms with Gasteiger partial charge in [0.25, 0.3) is 5.82 Å². The number of nitrogens with zero attached hydrogens (tertiary/aromatic N) is 5. The Kier molecular flexibility index (Phi) is 4.37. The third-order valence-electron chi connectivity index (χ3n) is 2.80. The second-order valence-corrected chi connectivity index (χ2v) is 5.85. The number of hydrogen-bond donors (Lipinski definition) is 1. The van der Waals surface area contributed by atoms with E-state index in [2.05, 4.69) is 20.4 Å². The van der Waals surface area contributed by atoms with Gasteiger partial charge < -0.3 is 10.3 Å². The summed E-state index contributed by atoms with van der Waals surface area (Å²) in [6.07, 6.45) is -4.67. The van der Waals surface area contributed by atoms with Crippen molar-refractivity contribution in [1.82, 2.24) is 25.1 Å². The molecular formula is C12H8ClF3N6OS. The van der Waals surface area contributed by atoms with Crippen LogP contribution < -0.4 is 5.84 Å². The fraction of sp³-hybridized carbons (Fsp3) is 0.167. The average molecular weight is 377 g/mol. The predicted octanol–water partition coefficient (Wildman–Crippen LogP) is 3.01. The first kappa shape index (κ1) is 16.6. The minimum atomic E-state index is -4.67. The van der Waals surface area contributed by atoms with Crippen LogP contribution >= 0.6 is 23.4 Å². The lowest BCUT2D eigenvalue weighted by Crippen LogP contribution is -2.21. The Morgan fingerprint density at radius 1 is 1.12 bits per heavy atom. The van der Waals surface area contributed by atoms with Crippen LogP contribution in [-0.4, -0.2) is 25.1 Å². The predicted molar refractivity (Wildman–Crippen MR) is 79.5 cm³/mol. The Morgan fingerprint density at radius 3 is 2.46 bits per heavy atom. The first-order chi connectivity index (χ1) is 11.3. The largest absolute Gasteiger partial charge is 0.453 e. The SMILES string of the molecule is Nn1c(SCc2nnc(-c3ccc(Cl)cc3)o2)nnc1C(F)(F)F. The van der Waals surface area contributed by atoms with E-state index < -0.39 is 12.0 Å². The molecule has 0 bridgehead atoms. The number of thioether (sulfide) groups is 1. The topological polar surface area (TPSA) is 95.7 Å². The molecule has 3 rings (SSSR count). The zero-order chi connectivity index (χ0) is 17.3. The van der Waals surface area contributed by atoms with Crippen LogP contribution in [0.15, 0.2) is 33.8 Å². The normalized spacial score (nSPS) is 11.8. The Balaban J connectivity index is 1.70. The molecular weight excluding hydrogens is 369 g/mol. The summed E-state index contributed by atoms with van der Waals surface area (Å²) >= 11 is 6.69. The van der Waals surface area contributed by atoms with Crippen molar-refractivity contribution >= 4 is 23.4 Å². The van der Waals surface area contributed by atoms with E-state index in [0.717, 1.165) is 11.8 Å². The summed E-state index contributed by atoms with van der Waals surface area (Å²) < 4.78 is 43.6. The number of hydrogen-bond acceptors (Lipinski definition) is 7. The maximum Gasteiger partial charge on any atom is 0.453 e. The molecule has 0 unspecified atom stereocenters. The van der Waals surface area contributed by atoms with Gasteiger partial charge in [-0.25, -0.2) is 4.68 Å². The summed E-state index contributed by atoms with van der Waals surface area (Å²) in [4.78, 5) is 0. The lowest BCUT2D eigenvalue weighted by Gasteiger charge is -2.05. The fourth-order valence-corrected chi connectivity index (χ4v) is 2.54. The van der Waals surface area contributed by atoms with E-state index in [1.54, 1.807) is 24.3 Å². The van der Waals surface area contributed by atoms with Gasteiger partial charge in [-0.05, 0) is 24.3 Å². The highest BCUT2D eigenvalue weighted by atomic mass is 35.5. The molecule has 0 aliphatic rings. The van der Waals surface area contributed by atoms with Crippen LogP contribution in [-0.2, 0) is 11.9 Å². The molecule has 0 fully saturated rings. The minimum Gasteiger partial charge on any atom is -0.420 e. The van der Waals surface area contributed by atoms with Gasteiger partial charge in [0, 0.05) is 10.6 Å². The van der Waals surface area contributed by atoms with Gasteiger partial charge >= 0.3 is 6.18 Å². The van der Waals surface area contributed by atoms with E-state index in [1.165, 1.54) is 0 Å². The first-order valence-electron chi connectivity index (χ1n) is 6.33. The summed E-state index contributed by atoms with van der Waals surface area (Å²) in [5, 5.41) is 14.6. The van der Waals surface area contributed by atoms with Crippen molar-refractivity contribution in [1.29, 1.82) is 0 Å². The van der Waals surface area contributed by atoms with E-state index in [-0.39, 0.29) is 22.7 Å². The third-order valence-corrected chi connectivity index (χ3v) is 3.98. The second kappa shape index (κ2) is 6.32. The maximum atomic E-state index is 12.6. The highest BCUT2D eigenvalue weighted by Crippen LogP contribution is 2.30.